The number of nitrogens with two attached hydrogens (primary N) is 1. The molecule has 0 unspecified atom stereocenters. The Kier molecular flexibility index (Phi) is 4.15. The van der Waals surface area contributed by atoms with Crippen molar-refractivity contribution in [1.82, 2.24) is 4.98 Å². The minimum Gasteiger partial charge on any atom is -0.365 e. The summed E-state index contributed by atoms with van der Waals surface area (Å²) in [5.41, 5.74) is 4.07. The third-order valence-electron chi connectivity index (χ3n) is 3.46. The molecule has 8 heteroatoms. The van der Waals surface area contributed by atoms with E-state index in [9.17, 15) is 22.8 Å². The average Bonchev–Trinajstić information content (AvgIpc) is 2.45. The van der Waals surface area contributed by atoms with Crippen molar-refractivity contribution in [2.24, 2.45) is 11.7 Å². The molecule has 0 saturated carbocycles. The van der Waals surface area contributed by atoms with Crippen LogP contribution in [0.5, 0.6) is 0 Å². The molecule has 2 N–H and O–H groups in total. The molecule has 1 fully saturated rings. The van der Waals surface area contributed by atoms with Gasteiger partial charge in [0.05, 0.1) is 5.56 Å². The Labute approximate surface area is 118 Å². The second-order valence-electron chi connectivity index (χ2n) is 4.89. The monoisotopic (exact) mass is 301 g/mol. The Bertz CT molecular complexity index is 552. The number of piperidine rings is 1. The lowest BCUT2D eigenvalue weighted by Gasteiger charge is -2.31. The molecular formula is C13H14F3N3O2. The summed E-state index contributed by atoms with van der Waals surface area (Å²) in [6.07, 6.45) is -2.72. The molecule has 2 rings (SSSR count). The Hall–Kier alpha value is -2.12. The number of aldehydes is 1. The molecule has 1 aromatic rings. The molecule has 1 saturated heterocycles. The third kappa shape index (κ3) is 3.32. The first kappa shape index (κ1) is 15.3. The zero-order chi connectivity index (χ0) is 15.6. The van der Waals surface area contributed by atoms with Gasteiger partial charge in [-0.05, 0) is 25.0 Å². The topological polar surface area (TPSA) is 76.3 Å². The van der Waals surface area contributed by atoms with Gasteiger partial charge < -0.3 is 15.4 Å². The van der Waals surface area contributed by atoms with E-state index in [0.717, 1.165) is 18.4 Å². The maximum atomic E-state index is 12.7. The van der Waals surface area contributed by atoms with Crippen molar-refractivity contribution in [3.63, 3.8) is 0 Å². The van der Waals surface area contributed by atoms with Gasteiger partial charge in [-0.2, -0.15) is 13.2 Å². The molecule has 0 atom stereocenters. The van der Waals surface area contributed by atoms with Gasteiger partial charge in [-0.1, -0.05) is 0 Å². The van der Waals surface area contributed by atoms with Gasteiger partial charge in [-0.3, -0.25) is 4.79 Å². The van der Waals surface area contributed by atoms with Crippen molar-refractivity contribution in [3.05, 3.63) is 23.4 Å². The van der Waals surface area contributed by atoms with Crippen molar-refractivity contribution in [2.75, 3.05) is 18.0 Å². The molecule has 1 amide bonds. The van der Waals surface area contributed by atoms with E-state index in [1.807, 2.05) is 0 Å². The molecule has 0 radical (unpaired) electrons. The molecule has 0 aliphatic carbocycles. The maximum Gasteiger partial charge on any atom is 0.433 e. The number of anilines is 1. The van der Waals surface area contributed by atoms with Gasteiger partial charge in [0.15, 0.2) is 0 Å². The fourth-order valence-electron chi connectivity index (χ4n) is 2.29. The maximum absolute atomic E-state index is 12.7. The Morgan fingerprint density at radius 3 is 2.43 bits per heavy atom. The van der Waals surface area contributed by atoms with Crippen molar-refractivity contribution >= 4 is 18.0 Å². The molecule has 0 spiro atoms. The standard InChI is InChI=1S/C13H14F3N3O2/c14-13(15,16)10-2-1-9(11(17)21)12(18-10)19-5-3-8(7-20)4-6-19/h1-2,7-8H,3-6H2,(H2,17,21). The Balaban J connectivity index is 2.35. The number of carbonyl (C=O) groups is 2. The smallest absolute Gasteiger partial charge is 0.365 e. The second kappa shape index (κ2) is 5.71. The summed E-state index contributed by atoms with van der Waals surface area (Å²) in [4.78, 5) is 27.2. The van der Waals surface area contributed by atoms with Gasteiger partial charge in [-0.25, -0.2) is 4.98 Å². The highest BCUT2D eigenvalue weighted by molar-refractivity contribution is 5.97. The molecule has 1 aromatic heterocycles. The van der Waals surface area contributed by atoms with E-state index in [1.54, 1.807) is 4.90 Å². The van der Waals surface area contributed by atoms with Gasteiger partial charge in [0.2, 0.25) is 0 Å². The molecule has 0 bridgehead atoms. The van der Waals surface area contributed by atoms with E-state index in [2.05, 4.69) is 4.98 Å². The predicted octanol–water partition coefficient (Wildman–Crippen LogP) is 1.61. The minimum absolute atomic E-state index is 0.0486. The highest BCUT2D eigenvalue weighted by atomic mass is 19.4. The fraction of sp³-hybridized carbons (Fsp3) is 0.462. The first-order chi connectivity index (χ1) is 9.82. The van der Waals surface area contributed by atoms with Crippen LogP contribution in [0.25, 0.3) is 0 Å². The summed E-state index contributed by atoms with van der Waals surface area (Å²) < 4.78 is 38.2. The lowest BCUT2D eigenvalue weighted by atomic mass is 9.98. The molecule has 114 valence electrons. The van der Waals surface area contributed by atoms with Crippen LogP contribution in [0.15, 0.2) is 12.1 Å². The van der Waals surface area contributed by atoms with Crippen molar-refractivity contribution in [1.29, 1.82) is 0 Å². The van der Waals surface area contributed by atoms with Crippen molar-refractivity contribution < 1.29 is 22.8 Å². The summed E-state index contributed by atoms with van der Waals surface area (Å²) in [7, 11) is 0. The first-order valence-electron chi connectivity index (χ1n) is 6.41. The molecular weight excluding hydrogens is 287 g/mol. The molecule has 1 aliphatic rings. The number of halogens is 3. The number of primary amides is 1. The van der Waals surface area contributed by atoms with E-state index >= 15 is 0 Å². The second-order valence-corrected chi connectivity index (χ2v) is 4.89. The van der Waals surface area contributed by atoms with E-state index < -0.39 is 17.8 Å². The lowest BCUT2D eigenvalue weighted by Crippen LogP contribution is -2.36. The average molecular weight is 301 g/mol. The van der Waals surface area contributed by atoms with Crippen molar-refractivity contribution in [3.8, 4) is 0 Å². The van der Waals surface area contributed by atoms with Gasteiger partial charge in [-0.15, -0.1) is 0 Å². The predicted molar refractivity (Wildman–Crippen MR) is 68.8 cm³/mol. The van der Waals surface area contributed by atoms with Crippen LogP contribution in [0.3, 0.4) is 0 Å². The van der Waals surface area contributed by atoms with Crippen molar-refractivity contribution in [2.45, 2.75) is 19.0 Å². The van der Waals surface area contributed by atoms with E-state index in [4.69, 9.17) is 5.73 Å². The highest BCUT2D eigenvalue weighted by Gasteiger charge is 2.34. The Morgan fingerprint density at radius 2 is 1.95 bits per heavy atom. The zero-order valence-electron chi connectivity index (χ0n) is 11.1. The summed E-state index contributed by atoms with van der Waals surface area (Å²) in [6, 6.07) is 1.78. The number of amides is 1. The number of alkyl halides is 3. The molecule has 1 aliphatic heterocycles. The number of aromatic nitrogens is 1. The SMILES string of the molecule is NC(=O)c1ccc(C(F)(F)F)nc1N1CCC(C=O)CC1. The number of rotatable bonds is 3. The first-order valence-corrected chi connectivity index (χ1v) is 6.41. The fourth-order valence-corrected chi connectivity index (χ4v) is 2.29. The summed E-state index contributed by atoms with van der Waals surface area (Å²) in [5, 5.41) is 0. The van der Waals surface area contributed by atoms with Gasteiger partial charge >= 0.3 is 6.18 Å². The van der Waals surface area contributed by atoms with E-state index in [-0.39, 0.29) is 17.3 Å². The van der Waals surface area contributed by atoms with Crippen LogP contribution in [-0.2, 0) is 11.0 Å². The molecule has 2 heterocycles. The largest absolute Gasteiger partial charge is 0.433 e. The van der Waals surface area contributed by atoms with Gasteiger partial charge in [0.25, 0.3) is 5.91 Å². The number of hydrogen-bond donors (Lipinski definition) is 1. The molecule has 21 heavy (non-hydrogen) atoms. The molecule has 0 aromatic carbocycles. The lowest BCUT2D eigenvalue weighted by molar-refractivity contribution is -0.141. The highest BCUT2D eigenvalue weighted by Crippen LogP contribution is 2.31. The van der Waals surface area contributed by atoms with Crippen LogP contribution in [0, 0.1) is 5.92 Å². The number of pyridine rings is 1. The third-order valence-corrected chi connectivity index (χ3v) is 3.46. The minimum atomic E-state index is -4.59. The van der Waals surface area contributed by atoms with E-state index in [1.165, 1.54) is 0 Å². The number of nitrogens with zero attached hydrogens (tertiary/aromatic N) is 2. The quantitative estimate of drug-likeness (QED) is 0.861. The van der Waals surface area contributed by atoms with Crippen LogP contribution in [0.2, 0.25) is 0 Å². The van der Waals surface area contributed by atoms with Gasteiger partial charge in [0, 0.05) is 19.0 Å². The van der Waals surface area contributed by atoms with Crippen LogP contribution >= 0.6 is 0 Å². The molecule has 5 nitrogen and oxygen atoms in total. The number of carbonyl (C=O) groups excluding carboxylic acids is 2. The van der Waals surface area contributed by atoms with Crippen LogP contribution in [0.1, 0.15) is 28.9 Å². The summed E-state index contributed by atoms with van der Waals surface area (Å²) in [6.45, 7) is 0.718. The van der Waals surface area contributed by atoms with Crippen LogP contribution in [0.4, 0.5) is 19.0 Å². The summed E-state index contributed by atoms with van der Waals surface area (Å²) >= 11 is 0. The summed E-state index contributed by atoms with van der Waals surface area (Å²) in [5.74, 6) is -1.01. The van der Waals surface area contributed by atoms with Gasteiger partial charge in [0.1, 0.15) is 17.8 Å². The number of hydrogen-bond acceptors (Lipinski definition) is 4. The zero-order valence-corrected chi connectivity index (χ0v) is 11.1. The van der Waals surface area contributed by atoms with E-state index in [0.29, 0.717) is 25.9 Å². The normalized spacial score (nSPS) is 16.8. The van der Waals surface area contributed by atoms with Crippen LogP contribution in [-0.4, -0.2) is 30.3 Å². The Morgan fingerprint density at radius 1 is 1.33 bits per heavy atom. The van der Waals surface area contributed by atoms with Crippen LogP contribution < -0.4 is 10.6 Å².